The van der Waals surface area contributed by atoms with Crippen LogP contribution >= 0.6 is 0 Å². The number of aliphatic hydroxyl groups is 1. The molecule has 6 heteroatoms. The molecular formula is C17H26N4O2. The van der Waals surface area contributed by atoms with Crippen LogP contribution in [0.3, 0.4) is 0 Å². The molecule has 126 valence electrons. The Morgan fingerprint density at radius 3 is 2.39 bits per heavy atom. The van der Waals surface area contributed by atoms with Crippen molar-refractivity contribution in [2.45, 2.75) is 45.1 Å². The lowest BCUT2D eigenvalue weighted by Gasteiger charge is -2.43. The minimum Gasteiger partial charge on any atom is -0.393 e. The molecular weight excluding hydrogens is 292 g/mol. The molecule has 0 atom stereocenters. The average Bonchev–Trinajstić information content (AvgIpc) is 2.63. The van der Waals surface area contributed by atoms with Gasteiger partial charge in [-0.05, 0) is 38.2 Å². The molecule has 2 heterocycles. The Bertz CT molecular complexity index is 521. The topological polar surface area (TPSA) is 69.6 Å². The molecule has 2 fully saturated rings. The van der Waals surface area contributed by atoms with Gasteiger partial charge in [-0.3, -0.25) is 4.79 Å². The molecule has 1 saturated heterocycles. The summed E-state index contributed by atoms with van der Waals surface area (Å²) in [6, 6.07) is 1.81. The lowest BCUT2D eigenvalue weighted by atomic mass is 9.70. The van der Waals surface area contributed by atoms with Crippen molar-refractivity contribution in [1.82, 2.24) is 14.9 Å². The Morgan fingerprint density at radius 2 is 1.83 bits per heavy atom. The molecule has 1 aromatic heterocycles. The van der Waals surface area contributed by atoms with E-state index in [-0.39, 0.29) is 17.4 Å². The predicted octanol–water partition coefficient (Wildman–Crippen LogP) is 1.46. The fourth-order valence-corrected chi connectivity index (χ4v) is 3.77. The van der Waals surface area contributed by atoms with E-state index in [1.54, 1.807) is 12.4 Å². The minimum absolute atomic E-state index is 0.227. The summed E-state index contributed by atoms with van der Waals surface area (Å²) in [6.45, 7) is 5.10. The third kappa shape index (κ3) is 3.32. The van der Waals surface area contributed by atoms with Crippen molar-refractivity contribution in [2.24, 2.45) is 5.41 Å². The molecule has 1 aliphatic carbocycles. The van der Waals surface area contributed by atoms with Gasteiger partial charge in [0, 0.05) is 44.0 Å². The number of amides is 1. The normalized spacial score (nSPS) is 28.7. The molecule has 0 aromatic carbocycles. The second-order valence-corrected chi connectivity index (χ2v) is 6.69. The van der Waals surface area contributed by atoms with Crippen LogP contribution in [0.5, 0.6) is 0 Å². The van der Waals surface area contributed by atoms with Gasteiger partial charge in [0.05, 0.1) is 6.10 Å². The summed E-state index contributed by atoms with van der Waals surface area (Å²) in [5.74, 6) is 1.02. The Kier molecular flexibility index (Phi) is 4.80. The van der Waals surface area contributed by atoms with E-state index < -0.39 is 0 Å². The van der Waals surface area contributed by atoms with Crippen LogP contribution in [0.1, 0.15) is 39.0 Å². The largest absolute Gasteiger partial charge is 0.393 e. The van der Waals surface area contributed by atoms with Gasteiger partial charge < -0.3 is 14.9 Å². The Hall–Kier alpha value is -1.69. The maximum absolute atomic E-state index is 13.1. The number of nitrogens with zero attached hydrogens (tertiary/aromatic N) is 4. The number of rotatable bonds is 3. The summed E-state index contributed by atoms with van der Waals surface area (Å²) in [6.07, 6.45) is 7.25. The molecule has 3 rings (SSSR count). The van der Waals surface area contributed by atoms with E-state index in [4.69, 9.17) is 0 Å². The van der Waals surface area contributed by atoms with Crippen molar-refractivity contribution >= 4 is 11.9 Å². The van der Waals surface area contributed by atoms with E-state index in [0.29, 0.717) is 0 Å². The molecule has 1 saturated carbocycles. The molecule has 2 aliphatic rings. The highest BCUT2D eigenvalue weighted by Gasteiger charge is 2.42. The van der Waals surface area contributed by atoms with E-state index in [1.165, 1.54) is 0 Å². The standard InChI is InChI=1S/C17H26N4O2/c1-2-17(6-4-14(22)5-7-17)15(23)20-10-12-21(13-11-20)16-18-8-3-9-19-16/h3,8-9,14,22H,2,4-7,10-13H2,1H3. The Labute approximate surface area is 137 Å². The predicted molar refractivity (Wildman–Crippen MR) is 88.0 cm³/mol. The van der Waals surface area contributed by atoms with Crippen molar-refractivity contribution in [3.8, 4) is 0 Å². The van der Waals surface area contributed by atoms with Crippen molar-refractivity contribution in [2.75, 3.05) is 31.1 Å². The van der Waals surface area contributed by atoms with Crippen LogP contribution in [-0.4, -0.2) is 58.2 Å². The molecule has 0 radical (unpaired) electrons. The van der Waals surface area contributed by atoms with E-state index >= 15 is 0 Å². The molecule has 23 heavy (non-hydrogen) atoms. The highest BCUT2D eigenvalue weighted by atomic mass is 16.3. The number of hydrogen-bond donors (Lipinski definition) is 1. The zero-order valence-corrected chi connectivity index (χ0v) is 13.8. The van der Waals surface area contributed by atoms with E-state index in [0.717, 1.165) is 64.2 Å². The summed E-state index contributed by atoms with van der Waals surface area (Å²) in [5.41, 5.74) is -0.259. The molecule has 6 nitrogen and oxygen atoms in total. The number of carbonyl (C=O) groups is 1. The second-order valence-electron chi connectivity index (χ2n) is 6.69. The van der Waals surface area contributed by atoms with Gasteiger partial charge >= 0.3 is 0 Å². The Balaban J connectivity index is 1.61. The van der Waals surface area contributed by atoms with Gasteiger partial charge in [-0.2, -0.15) is 0 Å². The maximum Gasteiger partial charge on any atom is 0.228 e. The highest BCUT2D eigenvalue weighted by Crippen LogP contribution is 2.41. The molecule has 0 spiro atoms. The molecule has 0 unspecified atom stereocenters. The smallest absolute Gasteiger partial charge is 0.228 e. The Morgan fingerprint density at radius 1 is 1.22 bits per heavy atom. The van der Waals surface area contributed by atoms with Gasteiger partial charge in [-0.1, -0.05) is 6.92 Å². The van der Waals surface area contributed by atoms with Crippen LogP contribution in [0.4, 0.5) is 5.95 Å². The first-order chi connectivity index (χ1) is 11.1. The zero-order chi connectivity index (χ0) is 16.3. The third-order valence-corrected chi connectivity index (χ3v) is 5.44. The number of hydrogen-bond acceptors (Lipinski definition) is 5. The van der Waals surface area contributed by atoms with Crippen LogP contribution in [-0.2, 0) is 4.79 Å². The van der Waals surface area contributed by atoms with Gasteiger partial charge in [0.2, 0.25) is 11.9 Å². The monoisotopic (exact) mass is 318 g/mol. The second kappa shape index (κ2) is 6.83. The van der Waals surface area contributed by atoms with E-state index in [2.05, 4.69) is 21.8 Å². The number of aromatic nitrogens is 2. The van der Waals surface area contributed by atoms with Crippen molar-refractivity contribution in [3.05, 3.63) is 18.5 Å². The first kappa shape index (κ1) is 16.2. The van der Waals surface area contributed by atoms with Gasteiger partial charge in [0.15, 0.2) is 0 Å². The molecule has 1 aliphatic heterocycles. The highest BCUT2D eigenvalue weighted by molar-refractivity contribution is 5.83. The van der Waals surface area contributed by atoms with Gasteiger partial charge in [0.25, 0.3) is 0 Å². The van der Waals surface area contributed by atoms with E-state index in [9.17, 15) is 9.90 Å². The summed E-state index contributed by atoms with van der Waals surface area (Å²) in [4.78, 5) is 25.8. The van der Waals surface area contributed by atoms with Crippen LogP contribution in [0, 0.1) is 5.41 Å². The van der Waals surface area contributed by atoms with Gasteiger partial charge in [-0.25, -0.2) is 9.97 Å². The summed E-state index contributed by atoms with van der Waals surface area (Å²) < 4.78 is 0. The average molecular weight is 318 g/mol. The first-order valence-electron chi connectivity index (χ1n) is 8.64. The number of aliphatic hydroxyl groups excluding tert-OH is 1. The summed E-state index contributed by atoms with van der Waals surface area (Å²) in [5, 5.41) is 9.74. The van der Waals surface area contributed by atoms with Crippen molar-refractivity contribution < 1.29 is 9.90 Å². The lowest BCUT2D eigenvalue weighted by Crippen LogP contribution is -2.54. The van der Waals surface area contributed by atoms with Crippen LogP contribution < -0.4 is 4.90 Å². The minimum atomic E-state index is -0.259. The third-order valence-electron chi connectivity index (χ3n) is 5.44. The molecule has 1 N–H and O–H groups in total. The number of piperazine rings is 1. The molecule has 1 aromatic rings. The van der Waals surface area contributed by atoms with Crippen LogP contribution in [0.25, 0.3) is 0 Å². The fraction of sp³-hybridized carbons (Fsp3) is 0.706. The lowest BCUT2D eigenvalue weighted by molar-refractivity contribution is -0.146. The number of anilines is 1. The van der Waals surface area contributed by atoms with E-state index in [1.807, 2.05) is 11.0 Å². The SMILES string of the molecule is CCC1(C(=O)N2CCN(c3ncccn3)CC2)CCC(O)CC1. The maximum atomic E-state index is 13.1. The van der Waals surface area contributed by atoms with Gasteiger partial charge in [-0.15, -0.1) is 0 Å². The molecule has 1 amide bonds. The molecule has 0 bridgehead atoms. The van der Waals surface area contributed by atoms with Crippen molar-refractivity contribution in [1.29, 1.82) is 0 Å². The van der Waals surface area contributed by atoms with Crippen LogP contribution in [0.2, 0.25) is 0 Å². The van der Waals surface area contributed by atoms with Crippen LogP contribution in [0.15, 0.2) is 18.5 Å². The van der Waals surface area contributed by atoms with Crippen molar-refractivity contribution in [3.63, 3.8) is 0 Å². The first-order valence-corrected chi connectivity index (χ1v) is 8.64. The quantitative estimate of drug-likeness (QED) is 0.913. The fourth-order valence-electron chi connectivity index (χ4n) is 3.77. The zero-order valence-electron chi connectivity index (χ0n) is 13.8. The summed E-state index contributed by atoms with van der Waals surface area (Å²) >= 11 is 0. The summed E-state index contributed by atoms with van der Waals surface area (Å²) in [7, 11) is 0. The van der Waals surface area contributed by atoms with Gasteiger partial charge in [0.1, 0.15) is 0 Å². The number of carbonyl (C=O) groups excluding carboxylic acids is 1.